The Hall–Kier alpha value is -1.06. The Balaban J connectivity index is 2.13. The summed E-state index contributed by atoms with van der Waals surface area (Å²) in [5, 5.41) is 9.50. The van der Waals surface area contributed by atoms with Crippen molar-refractivity contribution in [1.29, 1.82) is 0 Å². The van der Waals surface area contributed by atoms with Gasteiger partial charge >= 0.3 is 0 Å². The van der Waals surface area contributed by atoms with Crippen LogP contribution in [0.3, 0.4) is 0 Å². The highest BCUT2D eigenvalue weighted by Crippen LogP contribution is 2.34. The lowest BCUT2D eigenvalue weighted by molar-refractivity contribution is 0.0875. The number of benzene rings is 1. The maximum atomic E-state index is 9.50. The van der Waals surface area contributed by atoms with Gasteiger partial charge in [0.2, 0.25) is 0 Å². The minimum atomic E-state index is -0.298. The Labute approximate surface area is 115 Å². The number of aryl methyl sites for hydroxylation is 1. The molecule has 3 heteroatoms. The summed E-state index contributed by atoms with van der Waals surface area (Å²) in [6.45, 7) is 6.32. The molecule has 19 heavy (non-hydrogen) atoms. The van der Waals surface area contributed by atoms with Gasteiger partial charge in [-0.3, -0.25) is 0 Å². The van der Waals surface area contributed by atoms with E-state index in [0.717, 1.165) is 24.2 Å². The minimum absolute atomic E-state index is 0.0248. The maximum absolute atomic E-state index is 9.50. The molecular weight excluding hydrogens is 238 g/mol. The standard InChI is InChI=1S/C16H25NO2/c1-10(2)13-5-4-11(3)14(8-13)19-15(9-18)16(17)12-6-7-12/h4-5,8,10,12,15-16,18H,6-7,9,17H2,1-3H3. The number of rotatable bonds is 6. The van der Waals surface area contributed by atoms with Gasteiger partial charge in [-0.15, -0.1) is 0 Å². The molecule has 1 fully saturated rings. The lowest BCUT2D eigenvalue weighted by Gasteiger charge is -2.24. The van der Waals surface area contributed by atoms with Gasteiger partial charge in [0, 0.05) is 6.04 Å². The number of aliphatic hydroxyl groups excluding tert-OH is 1. The number of aliphatic hydroxyl groups is 1. The van der Waals surface area contributed by atoms with Crippen LogP contribution in [-0.4, -0.2) is 23.9 Å². The lowest BCUT2D eigenvalue weighted by Crippen LogP contribution is -2.43. The van der Waals surface area contributed by atoms with Gasteiger partial charge in [-0.2, -0.15) is 0 Å². The van der Waals surface area contributed by atoms with Crippen LogP contribution in [0.1, 0.15) is 43.7 Å². The molecular formula is C16H25NO2. The topological polar surface area (TPSA) is 55.5 Å². The van der Waals surface area contributed by atoms with E-state index in [9.17, 15) is 5.11 Å². The average Bonchev–Trinajstić information content (AvgIpc) is 3.21. The Morgan fingerprint density at radius 3 is 2.58 bits per heavy atom. The van der Waals surface area contributed by atoms with Crippen molar-refractivity contribution in [3.8, 4) is 5.75 Å². The van der Waals surface area contributed by atoms with Crippen molar-refractivity contribution >= 4 is 0 Å². The molecule has 0 heterocycles. The van der Waals surface area contributed by atoms with Gasteiger partial charge in [0.25, 0.3) is 0 Å². The van der Waals surface area contributed by atoms with Crippen molar-refractivity contribution in [2.24, 2.45) is 11.7 Å². The summed E-state index contributed by atoms with van der Waals surface area (Å²) in [5.74, 6) is 1.83. The van der Waals surface area contributed by atoms with Crippen molar-refractivity contribution in [2.45, 2.75) is 51.7 Å². The van der Waals surface area contributed by atoms with Crippen molar-refractivity contribution in [3.63, 3.8) is 0 Å². The van der Waals surface area contributed by atoms with Crippen molar-refractivity contribution < 1.29 is 9.84 Å². The third-order valence-corrected chi connectivity index (χ3v) is 3.93. The molecule has 1 aliphatic rings. The Morgan fingerprint density at radius 1 is 1.37 bits per heavy atom. The van der Waals surface area contributed by atoms with Crippen molar-refractivity contribution in [2.75, 3.05) is 6.61 Å². The first kappa shape index (κ1) is 14.4. The lowest BCUT2D eigenvalue weighted by atomic mass is 10.0. The van der Waals surface area contributed by atoms with Crippen LogP contribution in [0.15, 0.2) is 18.2 Å². The van der Waals surface area contributed by atoms with E-state index in [4.69, 9.17) is 10.5 Å². The van der Waals surface area contributed by atoms with Crippen LogP contribution in [0.2, 0.25) is 0 Å². The third kappa shape index (κ3) is 3.48. The monoisotopic (exact) mass is 263 g/mol. The maximum Gasteiger partial charge on any atom is 0.137 e. The van der Waals surface area contributed by atoms with Crippen LogP contribution in [-0.2, 0) is 0 Å². The van der Waals surface area contributed by atoms with E-state index < -0.39 is 0 Å². The predicted molar refractivity (Wildman–Crippen MR) is 77.5 cm³/mol. The molecule has 2 unspecified atom stereocenters. The molecule has 2 atom stereocenters. The van der Waals surface area contributed by atoms with Crippen LogP contribution in [0.4, 0.5) is 0 Å². The fourth-order valence-electron chi connectivity index (χ4n) is 2.29. The van der Waals surface area contributed by atoms with Gasteiger partial charge in [0.05, 0.1) is 6.61 Å². The van der Waals surface area contributed by atoms with E-state index in [1.807, 2.05) is 6.92 Å². The summed E-state index contributed by atoms with van der Waals surface area (Å²) in [4.78, 5) is 0. The second-order valence-electron chi connectivity index (χ2n) is 5.93. The van der Waals surface area contributed by atoms with Crippen LogP contribution >= 0.6 is 0 Å². The zero-order valence-corrected chi connectivity index (χ0v) is 12.1. The van der Waals surface area contributed by atoms with Crippen LogP contribution in [0.5, 0.6) is 5.75 Å². The van der Waals surface area contributed by atoms with Crippen molar-refractivity contribution in [3.05, 3.63) is 29.3 Å². The molecule has 0 saturated heterocycles. The summed E-state index contributed by atoms with van der Waals surface area (Å²) in [5.41, 5.74) is 8.48. The van der Waals surface area contributed by atoms with E-state index in [1.165, 1.54) is 5.56 Å². The fourth-order valence-corrected chi connectivity index (χ4v) is 2.29. The molecule has 1 saturated carbocycles. The number of nitrogens with two attached hydrogens (primary N) is 1. The second kappa shape index (κ2) is 5.93. The molecule has 2 rings (SSSR count). The van der Waals surface area contributed by atoms with Crippen molar-refractivity contribution in [1.82, 2.24) is 0 Å². The molecule has 1 aromatic rings. The van der Waals surface area contributed by atoms with Crippen LogP contribution < -0.4 is 10.5 Å². The molecule has 0 radical (unpaired) electrons. The molecule has 1 aliphatic carbocycles. The Kier molecular flexibility index (Phi) is 4.48. The normalized spacial score (nSPS) is 18.4. The molecule has 0 bridgehead atoms. The van der Waals surface area contributed by atoms with Gasteiger partial charge in [-0.25, -0.2) is 0 Å². The van der Waals surface area contributed by atoms with E-state index >= 15 is 0 Å². The van der Waals surface area contributed by atoms with E-state index in [2.05, 4.69) is 32.0 Å². The molecule has 0 aromatic heterocycles. The zero-order valence-electron chi connectivity index (χ0n) is 12.1. The molecule has 0 spiro atoms. The van der Waals surface area contributed by atoms with Crippen LogP contribution in [0.25, 0.3) is 0 Å². The summed E-state index contributed by atoms with van der Waals surface area (Å²) < 4.78 is 5.97. The Bertz CT molecular complexity index is 427. The largest absolute Gasteiger partial charge is 0.486 e. The van der Waals surface area contributed by atoms with Gasteiger partial charge in [0.1, 0.15) is 11.9 Å². The van der Waals surface area contributed by atoms with E-state index in [-0.39, 0.29) is 18.8 Å². The predicted octanol–water partition coefficient (Wildman–Crippen LogP) is 2.60. The summed E-state index contributed by atoms with van der Waals surface area (Å²) >= 11 is 0. The smallest absolute Gasteiger partial charge is 0.137 e. The van der Waals surface area contributed by atoms with Crippen LogP contribution in [0, 0.1) is 12.8 Å². The van der Waals surface area contributed by atoms with E-state index in [0.29, 0.717) is 11.8 Å². The first-order valence-corrected chi connectivity index (χ1v) is 7.16. The molecule has 3 nitrogen and oxygen atoms in total. The highest BCUT2D eigenvalue weighted by atomic mass is 16.5. The van der Waals surface area contributed by atoms with Gasteiger partial charge in [-0.1, -0.05) is 26.0 Å². The average molecular weight is 263 g/mol. The molecule has 0 amide bonds. The van der Waals surface area contributed by atoms with Gasteiger partial charge in [-0.05, 0) is 48.8 Å². The number of ether oxygens (including phenoxy) is 1. The Morgan fingerprint density at radius 2 is 2.05 bits per heavy atom. The molecule has 1 aromatic carbocycles. The fraction of sp³-hybridized carbons (Fsp3) is 0.625. The quantitative estimate of drug-likeness (QED) is 0.829. The third-order valence-electron chi connectivity index (χ3n) is 3.93. The number of hydrogen-bond acceptors (Lipinski definition) is 3. The summed E-state index contributed by atoms with van der Waals surface area (Å²) in [6, 6.07) is 6.21. The molecule has 0 aliphatic heterocycles. The highest BCUT2D eigenvalue weighted by Gasteiger charge is 2.35. The zero-order chi connectivity index (χ0) is 14.0. The molecule has 106 valence electrons. The minimum Gasteiger partial charge on any atom is -0.486 e. The highest BCUT2D eigenvalue weighted by molar-refractivity contribution is 5.38. The van der Waals surface area contributed by atoms with Gasteiger partial charge < -0.3 is 15.6 Å². The SMILES string of the molecule is Cc1ccc(C(C)C)cc1OC(CO)C(N)C1CC1. The first-order valence-electron chi connectivity index (χ1n) is 7.16. The number of hydrogen-bond donors (Lipinski definition) is 2. The molecule has 3 N–H and O–H groups in total. The second-order valence-corrected chi connectivity index (χ2v) is 5.93. The summed E-state index contributed by atoms with van der Waals surface area (Å²) in [6.07, 6.45) is 2.02. The summed E-state index contributed by atoms with van der Waals surface area (Å²) in [7, 11) is 0. The van der Waals surface area contributed by atoms with E-state index in [1.54, 1.807) is 0 Å². The first-order chi connectivity index (χ1) is 9.02. The van der Waals surface area contributed by atoms with Gasteiger partial charge in [0.15, 0.2) is 0 Å².